The molecule has 0 bridgehead atoms. The van der Waals surface area contributed by atoms with Gasteiger partial charge >= 0.3 is 0 Å². The number of anilines is 2. The highest BCUT2D eigenvalue weighted by Crippen LogP contribution is 2.29. The van der Waals surface area contributed by atoms with Crippen molar-refractivity contribution in [3.05, 3.63) is 68.2 Å². The Balaban J connectivity index is 1.66. The van der Waals surface area contributed by atoms with E-state index in [0.717, 1.165) is 18.8 Å². The summed E-state index contributed by atoms with van der Waals surface area (Å²) in [6.07, 6.45) is 2.76. The molecule has 2 aromatic carbocycles. The third-order valence-corrected chi connectivity index (χ3v) is 4.78. The van der Waals surface area contributed by atoms with Crippen molar-refractivity contribution in [2.45, 2.75) is 0 Å². The maximum atomic E-state index is 12.1. The summed E-state index contributed by atoms with van der Waals surface area (Å²) in [4.78, 5) is 24.6. The summed E-state index contributed by atoms with van der Waals surface area (Å²) in [7, 11) is 0. The van der Waals surface area contributed by atoms with Gasteiger partial charge in [-0.3, -0.25) is 14.9 Å². The fourth-order valence-corrected chi connectivity index (χ4v) is 3.26. The van der Waals surface area contributed by atoms with E-state index in [1.165, 1.54) is 24.3 Å². The largest absolute Gasteiger partial charge is 0.378 e. The number of nitro groups is 1. The van der Waals surface area contributed by atoms with Crippen molar-refractivity contribution >= 4 is 52.2 Å². The summed E-state index contributed by atoms with van der Waals surface area (Å²) < 4.78 is 5.33. The lowest BCUT2D eigenvalue weighted by Gasteiger charge is -2.29. The number of hydrogen-bond acceptors (Lipinski definition) is 5. The van der Waals surface area contributed by atoms with E-state index in [2.05, 4.69) is 10.2 Å². The van der Waals surface area contributed by atoms with Gasteiger partial charge in [-0.25, -0.2) is 0 Å². The van der Waals surface area contributed by atoms with Crippen LogP contribution in [0.5, 0.6) is 0 Å². The van der Waals surface area contributed by atoms with Crippen molar-refractivity contribution in [2.75, 3.05) is 36.5 Å². The van der Waals surface area contributed by atoms with Crippen LogP contribution in [0.4, 0.5) is 17.1 Å². The van der Waals surface area contributed by atoms with Crippen LogP contribution in [-0.4, -0.2) is 37.1 Å². The summed E-state index contributed by atoms with van der Waals surface area (Å²) in [6, 6.07) is 9.63. The molecule has 1 saturated heterocycles. The molecule has 1 aliphatic rings. The minimum atomic E-state index is -0.572. The molecule has 2 aromatic rings. The lowest BCUT2D eigenvalue weighted by molar-refractivity contribution is -0.384. The van der Waals surface area contributed by atoms with Gasteiger partial charge < -0.3 is 15.0 Å². The predicted octanol–water partition coefficient (Wildman–Crippen LogP) is 4.39. The van der Waals surface area contributed by atoms with Gasteiger partial charge in [0.1, 0.15) is 5.02 Å². The average molecular weight is 422 g/mol. The van der Waals surface area contributed by atoms with Crippen LogP contribution in [0.15, 0.2) is 42.5 Å². The fourth-order valence-electron chi connectivity index (χ4n) is 2.77. The zero-order chi connectivity index (χ0) is 20.1. The number of morpholine rings is 1. The van der Waals surface area contributed by atoms with Crippen molar-refractivity contribution in [1.29, 1.82) is 0 Å². The molecule has 0 saturated carbocycles. The number of nitro benzene ring substituents is 1. The van der Waals surface area contributed by atoms with Crippen LogP contribution >= 0.6 is 23.2 Å². The molecule has 3 rings (SSSR count). The van der Waals surface area contributed by atoms with Gasteiger partial charge in [0.25, 0.3) is 5.69 Å². The molecule has 0 aliphatic carbocycles. The Bertz CT molecular complexity index is 927. The molecule has 1 fully saturated rings. The molecule has 1 heterocycles. The summed E-state index contributed by atoms with van der Waals surface area (Å²) in [6.45, 7) is 2.84. The Labute approximate surface area is 171 Å². The molecule has 9 heteroatoms. The monoisotopic (exact) mass is 421 g/mol. The van der Waals surface area contributed by atoms with E-state index in [1.54, 1.807) is 18.2 Å². The number of carbonyl (C=O) groups is 1. The molecule has 0 spiro atoms. The van der Waals surface area contributed by atoms with Gasteiger partial charge in [-0.15, -0.1) is 0 Å². The summed E-state index contributed by atoms with van der Waals surface area (Å²) >= 11 is 12.1. The molecule has 146 valence electrons. The van der Waals surface area contributed by atoms with Gasteiger partial charge in [0, 0.05) is 30.9 Å². The standard InChI is InChI=1S/C19H17Cl2N3O4/c20-15-4-1-13(11-18(15)24(26)27)2-6-19(25)22-14-3-5-17(16(21)12-14)23-7-9-28-10-8-23/h1-6,11-12H,7-10H2,(H,22,25)/b6-2+. The molecular formula is C19H17Cl2N3O4. The number of nitrogens with zero attached hydrogens (tertiary/aromatic N) is 2. The minimum absolute atomic E-state index is 0.0431. The molecule has 7 nitrogen and oxygen atoms in total. The maximum Gasteiger partial charge on any atom is 0.288 e. The van der Waals surface area contributed by atoms with E-state index in [-0.39, 0.29) is 16.6 Å². The molecule has 0 atom stereocenters. The van der Waals surface area contributed by atoms with Gasteiger partial charge in [0.05, 0.1) is 28.8 Å². The van der Waals surface area contributed by atoms with Crippen LogP contribution in [0, 0.1) is 10.1 Å². The van der Waals surface area contributed by atoms with Crippen LogP contribution < -0.4 is 10.2 Å². The first-order valence-electron chi connectivity index (χ1n) is 8.49. The van der Waals surface area contributed by atoms with Crippen LogP contribution in [0.1, 0.15) is 5.56 Å². The van der Waals surface area contributed by atoms with Crippen LogP contribution in [0.25, 0.3) is 6.08 Å². The van der Waals surface area contributed by atoms with Gasteiger partial charge in [0.2, 0.25) is 5.91 Å². The first kappa shape index (κ1) is 20.1. The van der Waals surface area contributed by atoms with Gasteiger partial charge in [-0.05, 0) is 35.9 Å². The summed E-state index contributed by atoms with van der Waals surface area (Å²) in [5.74, 6) is -0.382. The maximum absolute atomic E-state index is 12.1. The second-order valence-electron chi connectivity index (χ2n) is 6.06. The lowest BCUT2D eigenvalue weighted by atomic mass is 10.2. The van der Waals surface area contributed by atoms with Crippen LogP contribution in [0.3, 0.4) is 0 Å². The SMILES string of the molecule is O=C(/C=C/c1ccc(Cl)c([N+](=O)[O-])c1)Nc1ccc(N2CCOCC2)c(Cl)c1. The topological polar surface area (TPSA) is 84.7 Å². The van der Waals surface area contributed by atoms with E-state index in [1.807, 2.05) is 6.07 Å². The van der Waals surface area contributed by atoms with E-state index in [9.17, 15) is 14.9 Å². The normalized spacial score (nSPS) is 14.3. The second-order valence-corrected chi connectivity index (χ2v) is 6.87. The van der Waals surface area contributed by atoms with E-state index < -0.39 is 4.92 Å². The molecular weight excluding hydrogens is 405 g/mol. The number of rotatable bonds is 5. The quantitative estimate of drug-likeness (QED) is 0.439. The Morgan fingerprint density at radius 3 is 2.57 bits per heavy atom. The third kappa shape index (κ3) is 5.01. The Morgan fingerprint density at radius 1 is 1.14 bits per heavy atom. The first-order valence-corrected chi connectivity index (χ1v) is 9.25. The second kappa shape index (κ2) is 9.05. The number of amides is 1. The first-order chi connectivity index (χ1) is 13.4. The molecule has 0 radical (unpaired) electrons. The number of hydrogen-bond donors (Lipinski definition) is 1. The molecule has 28 heavy (non-hydrogen) atoms. The molecule has 0 unspecified atom stereocenters. The lowest BCUT2D eigenvalue weighted by Crippen LogP contribution is -2.36. The van der Waals surface area contributed by atoms with Crippen LogP contribution in [-0.2, 0) is 9.53 Å². The Kier molecular flexibility index (Phi) is 6.51. The summed E-state index contributed by atoms with van der Waals surface area (Å²) in [5.41, 5.74) is 1.73. The zero-order valence-electron chi connectivity index (χ0n) is 14.7. The van der Waals surface area contributed by atoms with Crippen molar-refractivity contribution in [2.24, 2.45) is 0 Å². The van der Waals surface area contributed by atoms with Gasteiger partial charge in [-0.2, -0.15) is 0 Å². The number of halogens is 2. The van der Waals surface area contributed by atoms with Gasteiger partial charge in [-0.1, -0.05) is 29.3 Å². The molecule has 0 aromatic heterocycles. The predicted molar refractivity (Wildman–Crippen MR) is 110 cm³/mol. The highest BCUT2D eigenvalue weighted by molar-refractivity contribution is 6.33. The van der Waals surface area contributed by atoms with Crippen molar-refractivity contribution in [3.8, 4) is 0 Å². The highest BCUT2D eigenvalue weighted by atomic mass is 35.5. The average Bonchev–Trinajstić information content (AvgIpc) is 2.68. The number of carbonyl (C=O) groups excluding carboxylic acids is 1. The molecule has 1 aliphatic heterocycles. The number of nitrogens with one attached hydrogen (secondary N) is 1. The third-order valence-electron chi connectivity index (χ3n) is 4.16. The minimum Gasteiger partial charge on any atom is -0.378 e. The Hall–Kier alpha value is -2.61. The van der Waals surface area contributed by atoms with Gasteiger partial charge in [0.15, 0.2) is 0 Å². The zero-order valence-corrected chi connectivity index (χ0v) is 16.2. The molecule has 1 amide bonds. The van der Waals surface area contributed by atoms with Crippen molar-refractivity contribution in [1.82, 2.24) is 0 Å². The van der Waals surface area contributed by atoms with Crippen molar-refractivity contribution in [3.63, 3.8) is 0 Å². The van der Waals surface area contributed by atoms with E-state index in [4.69, 9.17) is 27.9 Å². The van der Waals surface area contributed by atoms with Crippen LogP contribution in [0.2, 0.25) is 10.0 Å². The summed E-state index contributed by atoms with van der Waals surface area (Å²) in [5, 5.41) is 14.2. The molecule has 1 N–H and O–H groups in total. The number of benzene rings is 2. The fraction of sp³-hybridized carbons (Fsp3) is 0.211. The Morgan fingerprint density at radius 2 is 1.89 bits per heavy atom. The highest BCUT2D eigenvalue weighted by Gasteiger charge is 2.15. The number of ether oxygens (including phenoxy) is 1. The smallest absolute Gasteiger partial charge is 0.288 e. The van der Waals surface area contributed by atoms with Crippen molar-refractivity contribution < 1.29 is 14.5 Å². The van der Waals surface area contributed by atoms with E-state index in [0.29, 0.717) is 29.5 Å². The van der Waals surface area contributed by atoms with E-state index >= 15 is 0 Å².